The molecule has 29 heavy (non-hydrogen) atoms. The lowest BCUT2D eigenvalue weighted by Crippen LogP contribution is -2.35. The van der Waals surface area contributed by atoms with E-state index in [1.54, 1.807) is 30.6 Å². The molecule has 0 radical (unpaired) electrons. The number of aromatic nitrogens is 2. The van der Waals surface area contributed by atoms with Gasteiger partial charge in [-0.25, -0.2) is 0 Å². The largest absolute Gasteiger partial charge is 0.507 e. The van der Waals surface area contributed by atoms with Gasteiger partial charge in [0.1, 0.15) is 11.8 Å². The molecule has 0 bridgehead atoms. The zero-order valence-corrected chi connectivity index (χ0v) is 16.3. The summed E-state index contributed by atoms with van der Waals surface area (Å²) in [5, 5.41) is 11.9. The maximum atomic E-state index is 13.0. The number of nitrogens with zero attached hydrogens (tertiary/aromatic N) is 3. The van der Waals surface area contributed by atoms with E-state index in [2.05, 4.69) is 9.97 Å². The summed E-state index contributed by atoms with van der Waals surface area (Å²) in [5.41, 5.74) is 1.95. The molecule has 3 aromatic rings. The average Bonchev–Trinajstić information content (AvgIpc) is 3.26. The van der Waals surface area contributed by atoms with Crippen molar-refractivity contribution in [2.75, 3.05) is 27.2 Å². The first-order chi connectivity index (χ1) is 14.0. The van der Waals surface area contributed by atoms with Crippen molar-refractivity contribution in [3.8, 4) is 0 Å². The number of ketones is 1. The van der Waals surface area contributed by atoms with Gasteiger partial charge in [-0.3, -0.25) is 14.6 Å². The third-order valence-corrected chi connectivity index (χ3v) is 5.14. The van der Waals surface area contributed by atoms with Gasteiger partial charge in [-0.2, -0.15) is 0 Å². The number of H-pyrrole nitrogens is 1. The monoisotopic (exact) mass is 390 g/mol. The molecule has 7 heteroatoms. The normalized spacial score (nSPS) is 18.9. The van der Waals surface area contributed by atoms with Crippen molar-refractivity contribution in [3.63, 3.8) is 0 Å². The number of Topliss-reactive ketones (excluding diaryl/α,β-unsaturated/α-hetero) is 1. The average molecular weight is 390 g/mol. The molecule has 1 atom stereocenters. The van der Waals surface area contributed by atoms with Gasteiger partial charge < -0.3 is 19.9 Å². The van der Waals surface area contributed by atoms with Crippen LogP contribution < -0.4 is 0 Å². The van der Waals surface area contributed by atoms with E-state index >= 15 is 0 Å². The van der Waals surface area contributed by atoms with E-state index in [-0.39, 0.29) is 11.3 Å². The molecule has 2 aromatic heterocycles. The number of fused-ring (bicyclic) bond motifs is 1. The Morgan fingerprint density at radius 2 is 1.93 bits per heavy atom. The standard InChI is InChI=1S/C22H22N4O3/c1-25(2)11-12-26-19(17-9-5-6-10-23-17)18(21(28)22(26)29)20(27)15-13-24-16-8-4-3-7-14(15)16/h3-10,13,19,24,27H,11-12H2,1-2H3/t19-/m0/s1. The van der Waals surface area contributed by atoms with Crippen LogP contribution in [-0.4, -0.2) is 63.7 Å². The number of carbonyl (C=O) groups excluding carboxylic acids is 2. The van der Waals surface area contributed by atoms with E-state index in [9.17, 15) is 14.7 Å². The van der Waals surface area contributed by atoms with Gasteiger partial charge in [0.25, 0.3) is 11.7 Å². The van der Waals surface area contributed by atoms with Crippen LogP contribution in [0.3, 0.4) is 0 Å². The molecule has 0 saturated carbocycles. The highest BCUT2D eigenvalue weighted by molar-refractivity contribution is 6.46. The molecule has 1 amide bonds. The first-order valence-electron chi connectivity index (χ1n) is 9.39. The zero-order chi connectivity index (χ0) is 20.5. The molecule has 2 N–H and O–H groups in total. The summed E-state index contributed by atoms with van der Waals surface area (Å²) in [7, 11) is 3.80. The second-order valence-corrected chi connectivity index (χ2v) is 7.30. The number of benzene rings is 1. The second-order valence-electron chi connectivity index (χ2n) is 7.30. The van der Waals surface area contributed by atoms with E-state index in [1.165, 1.54) is 4.90 Å². The van der Waals surface area contributed by atoms with E-state index in [0.717, 1.165) is 10.9 Å². The number of nitrogens with one attached hydrogen (secondary N) is 1. The Balaban J connectivity index is 1.88. The molecule has 1 saturated heterocycles. The highest BCUT2D eigenvalue weighted by Crippen LogP contribution is 2.39. The summed E-state index contributed by atoms with van der Waals surface area (Å²) in [4.78, 5) is 36.7. The first kappa shape index (κ1) is 18.9. The quantitative estimate of drug-likeness (QED) is 0.397. The number of aromatic amines is 1. The minimum Gasteiger partial charge on any atom is -0.507 e. The van der Waals surface area contributed by atoms with Gasteiger partial charge in [0.15, 0.2) is 0 Å². The fourth-order valence-electron chi connectivity index (χ4n) is 3.68. The van der Waals surface area contributed by atoms with Gasteiger partial charge in [0, 0.05) is 41.9 Å². The van der Waals surface area contributed by atoms with Gasteiger partial charge in [-0.05, 0) is 32.3 Å². The number of para-hydroxylation sites is 1. The number of hydrogen-bond donors (Lipinski definition) is 2. The Morgan fingerprint density at radius 1 is 1.17 bits per heavy atom. The first-order valence-corrected chi connectivity index (χ1v) is 9.39. The van der Waals surface area contributed by atoms with Crippen LogP contribution in [0.2, 0.25) is 0 Å². The number of pyridine rings is 1. The third-order valence-electron chi connectivity index (χ3n) is 5.14. The van der Waals surface area contributed by atoms with Crippen molar-refractivity contribution in [2.24, 2.45) is 0 Å². The predicted molar refractivity (Wildman–Crippen MR) is 110 cm³/mol. The van der Waals surface area contributed by atoms with Crippen molar-refractivity contribution in [3.05, 3.63) is 71.7 Å². The Bertz CT molecular complexity index is 1100. The lowest BCUT2D eigenvalue weighted by Gasteiger charge is -2.25. The van der Waals surface area contributed by atoms with Gasteiger partial charge in [-0.1, -0.05) is 24.3 Å². The van der Waals surface area contributed by atoms with E-state index < -0.39 is 17.7 Å². The van der Waals surface area contributed by atoms with E-state index in [0.29, 0.717) is 24.3 Å². The molecule has 1 aliphatic rings. The molecule has 0 unspecified atom stereocenters. The molecule has 1 aliphatic heterocycles. The van der Waals surface area contributed by atoms with E-state index in [1.807, 2.05) is 43.3 Å². The zero-order valence-electron chi connectivity index (χ0n) is 16.3. The minimum absolute atomic E-state index is 0.0669. The lowest BCUT2D eigenvalue weighted by molar-refractivity contribution is -0.140. The highest BCUT2D eigenvalue weighted by atomic mass is 16.3. The summed E-state index contributed by atoms with van der Waals surface area (Å²) < 4.78 is 0. The maximum absolute atomic E-state index is 13.0. The molecule has 148 valence electrons. The Hall–Kier alpha value is -3.45. The van der Waals surface area contributed by atoms with Crippen molar-refractivity contribution in [1.29, 1.82) is 0 Å². The minimum atomic E-state index is -0.732. The van der Waals surface area contributed by atoms with Crippen LogP contribution in [0.1, 0.15) is 17.3 Å². The number of rotatable bonds is 5. The Morgan fingerprint density at radius 3 is 2.66 bits per heavy atom. The summed E-state index contributed by atoms with van der Waals surface area (Å²) in [6, 6.07) is 12.1. The van der Waals surface area contributed by atoms with Crippen molar-refractivity contribution < 1.29 is 14.7 Å². The fourth-order valence-corrected chi connectivity index (χ4v) is 3.68. The van der Waals surface area contributed by atoms with Crippen molar-refractivity contribution in [1.82, 2.24) is 19.8 Å². The van der Waals surface area contributed by atoms with Crippen LogP contribution in [0.25, 0.3) is 16.7 Å². The third kappa shape index (κ3) is 3.30. The molecule has 4 rings (SSSR count). The van der Waals surface area contributed by atoms with Crippen LogP contribution in [-0.2, 0) is 9.59 Å². The van der Waals surface area contributed by atoms with Gasteiger partial charge in [-0.15, -0.1) is 0 Å². The summed E-state index contributed by atoms with van der Waals surface area (Å²) >= 11 is 0. The van der Waals surface area contributed by atoms with Crippen LogP contribution in [0.4, 0.5) is 0 Å². The summed E-state index contributed by atoms with van der Waals surface area (Å²) in [6.45, 7) is 0.937. The summed E-state index contributed by atoms with van der Waals surface area (Å²) in [6.07, 6.45) is 3.27. The molecular formula is C22H22N4O3. The van der Waals surface area contributed by atoms with Gasteiger partial charge >= 0.3 is 0 Å². The second kappa shape index (κ2) is 7.52. The SMILES string of the molecule is CN(C)CCN1C(=O)C(=O)C(=C(O)c2c[nH]c3ccccc23)[C@@H]1c1ccccn1. The highest BCUT2D eigenvalue weighted by Gasteiger charge is 2.46. The molecule has 0 aliphatic carbocycles. The molecule has 7 nitrogen and oxygen atoms in total. The Labute approximate surface area is 168 Å². The molecule has 1 aromatic carbocycles. The predicted octanol–water partition coefficient (Wildman–Crippen LogP) is 2.55. The smallest absolute Gasteiger partial charge is 0.295 e. The van der Waals surface area contributed by atoms with Crippen molar-refractivity contribution in [2.45, 2.75) is 6.04 Å². The number of likely N-dealkylation sites (tertiary alicyclic amines) is 1. The van der Waals surface area contributed by atoms with Gasteiger partial charge in [0.2, 0.25) is 0 Å². The molecule has 1 fully saturated rings. The molecule has 3 heterocycles. The number of aliphatic hydroxyl groups is 1. The van der Waals surface area contributed by atoms with Gasteiger partial charge in [0.05, 0.1) is 11.3 Å². The molecule has 0 spiro atoms. The van der Waals surface area contributed by atoms with Crippen LogP contribution in [0.15, 0.2) is 60.4 Å². The van der Waals surface area contributed by atoms with Crippen LogP contribution in [0, 0.1) is 0 Å². The maximum Gasteiger partial charge on any atom is 0.295 e. The number of likely N-dealkylation sites (N-methyl/N-ethyl adjacent to an activating group) is 1. The van der Waals surface area contributed by atoms with Crippen LogP contribution in [0.5, 0.6) is 0 Å². The number of aliphatic hydroxyl groups excluding tert-OH is 1. The molecular weight excluding hydrogens is 368 g/mol. The Kier molecular flexibility index (Phi) is 4.90. The van der Waals surface area contributed by atoms with Crippen molar-refractivity contribution >= 4 is 28.4 Å². The topological polar surface area (TPSA) is 89.5 Å². The lowest BCUT2D eigenvalue weighted by atomic mass is 9.98. The fraction of sp³-hybridized carbons (Fsp3) is 0.227. The number of carbonyl (C=O) groups is 2. The van der Waals surface area contributed by atoms with Crippen LogP contribution >= 0.6 is 0 Å². The number of hydrogen-bond acceptors (Lipinski definition) is 5. The van der Waals surface area contributed by atoms with E-state index in [4.69, 9.17) is 0 Å². The number of amides is 1. The summed E-state index contributed by atoms with van der Waals surface area (Å²) in [5.74, 6) is -1.50.